The van der Waals surface area contributed by atoms with Crippen LogP contribution >= 0.6 is 0 Å². The molecule has 0 bridgehead atoms. The zero-order chi connectivity index (χ0) is 4.50. The van der Waals surface area contributed by atoms with Gasteiger partial charge in [0, 0.05) is 21.7 Å². The van der Waals surface area contributed by atoms with E-state index in [0.29, 0.717) is 0 Å². The number of rotatable bonds is 0. The summed E-state index contributed by atoms with van der Waals surface area (Å²) < 4.78 is 0. The molecule has 7 heteroatoms. The van der Waals surface area contributed by atoms with Crippen molar-refractivity contribution < 1.29 is 58.0 Å². The smallest absolute Gasteiger partial charge is 0.894 e. The third kappa shape index (κ3) is 123. The van der Waals surface area contributed by atoms with Crippen molar-refractivity contribution in [1.29, 1.82) is 0 Å². The maximum absolute atomic E-state index is 8.58. The average molecular weight is 196 g/mol. The molecule has 4 nitrogen and oxygen atoms in total. The molecule has 0 aromatic rings. The Hall–Kier alpha value is 1.29. The Morgan fingerprint density at radius 1 is 0.857 bits per heavy atom. The summed E-state index contributed by atoms with van der Waals surface area (Å²) in [6.45, 7) is 0. The molecule has 0 fully saturated rings. The minimum atomic E-state index is -5.61. The topological polar surface area (TPSA) is 92.2 Å². The first-order chi connectivity index (χ1) is 2.00. The molecule has 7 heavy (non-hydrogen) atoms. The second kappa shape index (κ2) is 5.43. The summed E-state index contributed by atoms with van der Waals surface area (Å²) in [5.41, 5.74) is 0. The third-order valence-corrected chi connectivity index (χ3v) is 0. The summed E-state index contributed by atoms with van der Waals surface area (Å²) >= 11 is 0. The Bertz CT molecular complexity index is 27.2. The Morgan fingerprint density at radius 2 is 0.857 bits per heavy atom. The van der Waals surface area contributed by atoms with E-state index in [2.05, 4.69) is 0 Å². The quantitative estimate of drug-likeness (QED) is 0.362. The molecule has 0 rings (SSSR count). The van der Waals surface area contributed by atoms with Gasteiger partial charge in [-0.05, 0) is 0 Å². The van der Waals surface area contributed by atoms with Gasteiger partial charge in [-0.25, -0.2) is 0 Å². The molecule has 0 N–H and O–H groups in total. The van der Waals surface area contributed by atoms with Gasteiger partial charge in [-0.1, -0.05) is 0 Å². The molecule has 0 heterocycles. The zero-order valence-corrected chi connectivity index (χ0v) is 6.65. The fourth-order valence-corrected chi connectivity index (χ4v) is 0. The summed E-state index contributed by atoms with van der Waals surface area (Å²) in [6, 6.07) is 0. The fourth-order valence-electron chi connectivity index (χ4n) is 0. The zero-order valence-electron chi connectivity index (χ0n) is 2.99. The van der Waals surface area contributed by atoms with E-state index in [-0.39, 0.29) is 38.8 Å². The van der Waals surface area contributed by atoms with Gasteiger partial charge in [0.25, 0.3) is 0 Å². The van der Waals surface area contributed by atoms with E-state index < -0.39 is 9.05 Å². The predicted molar refractivity (Wildman–Crippen MR) is 5.75 cm³/mol. The third-order valence-electron chi connectivity index (χ3n) is 0. The molecular formula is FeO4SiTi-. The monoisotopic (exact) mass is 196 g/mol. The van der Waals surface area contributed by atoms with Crippen LogP contribution in [0.5, 0.6) is 0 Å². The Balaban J connectivity index is -0.0000000800. The average Bonchev–Trinajstić information content (AvgIpc) is 0.722. The maximum atomic E-state index is 8.58. The van der Waals surface area contributed by atoms with Crippen LogP contribution in [0, 0.1) is 0 Å². The Labute approximate surface area is 67.0 Å². The van der Waals surface area contributed by atoms with Crippen LogP contribution in [-0.2, 0) is 38.8 Å². The minimum Gasteiger partial charge on any atom is -0.894 e. The minimum absolute atomic E-state index is 0. The summed E-state index contributed by atoms with van der Waals surface area (Å²) in [6.07, 6.45) is 0. The molecule has 0 saturated heterocycles. The van der Waals surface area contributed by atoms with E-state index in [1.54, 1.807) is 0 Å². The molecule has 0 aliphatic rings. The first-order valence-corrected chi connectivity index (χ1v) is 2.45. The van der Waals surface area contributed by atoms with Crippen LogP contribution in [0.2, 0.25) is 0 Å². The van der Waals surface area contributed by atoms with Crippen LogP contribution in [0.1, 0.15) is 0 Å². The van der Waals surface area contributed by atoms with Crippen molar-refractivity contribution in [3.63, 3.8) is 0 Å². The second-order valence-corrected chi connectivity index (χ2v) is 1.50. The van der Waals surface area contributed by atoms with Gasteiger partial charge in [-0.15, -0.1) is 0 Å². The van der Waals surface area contributed by atoms with Crippen molar-refractivity contribution in [1.82, 2.24) is 0 Å². The largest absolute Gasteiger partial charge is 3.00 e. The fraction of sp³-hybridized carbons (Fsp3) is 0. The van der Waals surface area contributed by atoms with Crippen LogP contribution in [0.4, 0.5) is 0 Å². The van der Waals surface area contributed by atoms with E-state index in [4.69, 9.17) is 19.2 Å². The van der Waals surface area contributed by atoms with E-state index in [1.165, 1.54) is 0 Å². The van der Waals surface area contributed by atoms with Crippen molar-refractivity contribution in [2.45, 2.75) is 0 Å². The molecule has 1 radical (unpaired) electrons. The van der Waals surface area contributed by atoms with Crippen LogP contribution < -0.4 is 19.2 Å². The van der Waals surface area contributed by atoms with Gasteiger partial charge in [0.15, 0.2) is 0 Å². The molecular weight excluding hydrogens is 196 g/mol. The van der Waals surface area contributed by atoms with Gasteiger partial charge in [-0.2, -0.15) is 0 Å². The maximum Gasteiger partial charge on any atom is 3.00 e. The molecule has 0 unspecified atom stereocenters. The van der Waals surface area contributed by atoms with Gasteiger partial charge in [0.2, 0.25) is 0 Å². The predicted octanol–water partition coefficient (Wildman–Crippen LogP) is -5.14. The van der Waals surface area contributed by atoms with Crippen LogP contribution in [-0.4, -0.2) is 9.05 Å². The van der Waals surface area contributed by atoms with Gasteiger partial charge in [-0.3, -0.25) is 0 Å². The van der Waals surface area contributed by atoms with E-state index in [1.807, 2.05) is 0 Å². The summed E-state index contributed by atoms with van der Waals surface area (Å²) in [5.74, 6) is 0. The SMILES string of the molecule is [Fe+3].[O-][Si]([O-])([O-])[O-].[Ti]. The summed E-state index contributed by atoms with van der Waals surface area (Å²) in [4.78, 5) is 34.3. The van der Waals surface area contributed by atoms with Crippen molar-refractivity contribution in [2.24, 2.45) is 0 Å². The first kappa shape index (κ1) is 15.7. The van der Waals surface area contributed by atoms with Gasteiger partial charge >= 0.3 is 17.1 Å². The summed E-state index contributed by atoms with van der Waals surface area (Å²) in [5, 5.41) is 0. The van der Waals surface area contributed by atoms with E-state index in [9.17, 15) is 0 Å². The molecule has 0 aromatic carbocycles. The Morgan fingerprint density at radius 3 is 0.857 bits per heavy atom. The molecule has 0 saturated carbocycles. The summed E-state index contributed by atoms with van der Waals surface area (Å²) in [7, 11) is -5.61. The molecule has 0 atom stereocenters. The van der Waals surface area contributed by atoms with Gasteiger partial charge < -0.3 is 28.2 Å². The molecule has 0 spiro atoms. The normalized spacial score (nSPS) is 8.57. The van der Waals surface area contributed by atoms with Crippen molar-refractivity contribution >= 4 is 9.05 Å². The standard InChI is InChI=1S/Fe.O4Si.Ti/c;1-5(2,3)4;/q+3;-4;. The van der Waals surface area contributed by atoms with Gasteiger partial charge in [0.1, 0.15) is 0 Å². The number of hydrogen-bond donors (Lipinski definition) is 0. The van der Waals surface area contributed by atoms with Crippen LogP contribution in [0.25, 0.3) is 0 Å². The molecule has 0 aromatic heterocycles. The molecule has 0 aliphatic carbocycles. The van der Waals surface area contributed by atoms with Crippen molar-refractivity contribution in [3.8, 4) is 0 Å². The molecule has 41 valence electrons. The molecule has 0 amide bonds. The Kier molecular flexibility index (Phi) is 12.2. The first-order valence-electron chi connectivity index (χ1n) is 0.816. The van der Waals surface area contributed by atoms with Crippen LogP contribution in [0.3, 0.4) is 0 Å². The van der Waals surface area contributed by atoms with Crippen molar-refractivity contribution in [3.05, 3.63) is 0 Å². The van der Waals surface area contributed by atoms with Crippen molar-refractivity contribution in [2.75, 3.05) is 0 Å². The van der Waals surface area contributed by atoms with Crippen LogP contribution in [0.15, 0.2) is 0 Å². The second-order valence-electron chi connectivity index (χ2n) is 0.500. The van der Waals surface area contributed by atoms with Gasteiger partial charge in [0.05, 0.1) is 0 Å². The van der Waals surface area contributed by atoms with E-state index >= 15 is 0 Å². The van der Waals surface area contributed by atoms with E-state index in [0.717, 1.165) is 0 Å². The number of hydrogen-bond acceptors (Lipinski definition) is 4. The molecule has 0 aliphatic heterocycles.